The largest absolute Gasteiger partial charge is 0.317 e. The third kappa shape index (κ3) is 3.39. The maximum atomic E-state index is 3.47. The first kappa shape index (κ1) is 15.0. The van der Waals surface area contributed by atoms with Crippen molar-refractivity contribution in [1.82, 2.24) is 10.2 Å². The van der Waals surface area contributed by atoms with Crippen LogP contribution in [-0.2, 0) is 6.42 Å². The van der Waals surface area contributed by atoms with Crippen molar-refractivity contribution in [2.45, 2.75) is 58.7 Å². The summed E-state index contributed by atoms with van der Waals surface area (Å²) in [4.78, 5) is 5.66. The first-order valence-corrected chi connectivity index (χ1v) is 8.33. The van der Waals surface area contributed by atoms with Gasteiger partial charge < -0.3 is 5.32 Å². The molecule has 2 heterocycles. The standard InChI is InChI=1S/C16H28N2S/c1-11(10-15-7-6-12(2)19-15)18-9-8-16(17-5)13(3)14(18)4/h6-7,11,13-14,16-17H,8-10H2,1-5H3. The second kappa shape index (κ2) is 6.38. The van der Waals surface area contributed by atoms with E-state index in [9.17, 15) is 0 Å². The summed E-state index contributed by atoms with van der Waals surface area (Å²) in [6, 6.07) is 6.54. The predicted octanol–water partition coefficient (Wildman–Crippen LogP) is 3.31. The van der Waals surface area contributed by atoms with Crippen LogP contribution in [0.5, 0.6) is 0 Å². The minimum Gasteiger partial charge on any atom is -0.317 e. The number of thiophene rings is 1. The number of hydrogen-bond donors (Lipinski definition) is 1. The molecule has 108 valence electrons. The number of likely N-dealkylation sites (tertiary alicyclic amines) is 1. The Morgan fingerprint density at radius 1 is 1.42 bits per heavy atom. The lowest BCUT2D eigenvalue weighted by molar-refractivity contribution is 0.0553. The normalized spacial score (nSPS) is 30.5. The highest BCUT2D eigenvalue weighted by Gasteiger charge is 2.33. The molecule has 1 N–H and O–H groups in total. The van der Waals surface area contributed by atoms with Gasteiger partial charge in [-0.1, -0.05) is 6.92 Å². The van der Waals surface area contributed by atoms with Gasteiger partial charge in [-0.25, -0.2) is 0 Å². The Kier molecular flexibility index (Phi) is 5.04. The molecule has 2 rings (SSSR count). The molecule has 1 saturated heterocycles. The fourth-order valence-corrected chi connectivity index (χ4v) is 4.44. The van der Waals surface area contributed by atoms with Crippen LogP contribution in [0.15, 0.2) is 12.1 Å². The second-order valence-electron chi connectivity index (χ2n) is 6.09. The van der Waals surface area contributed by atoms with Crippen molar-refractivity contribution < 1.29 is 0 Å². The molecule has 2 nitrogen and oxygen atoms in total. The van der Waals surface area contributed by atoms with E-state index in [0.717, 1.165) is 5.92 Å². The van der Waals surface area contributed by atoms with E-state index >= 15 is 0 Å². The van der Waals surface area contributed by atoms with Crippen LogP contribution in [0.2, 0.25) is 0 Å². The van der Waals surface area contributed by atoms with Gasteiger partial charge in [0.1, 0.15) is 0 Å². The lowest BCUT2D eigenvalue weighted by Crippen LogP contribution is -2.55. The maximum absolute atomic E-state index is 3.47. The van der Waals surface area contributed by atoms with E-state index in [-0.39, 0.29) is 0 Å². The Hall–Kier alpha value is -0.380. The Labute approximate surface area is 122 Å². The van der Waals surface area contributed by atoms with Gasteiger partial charge in [-0.05, 0) is 58.7 Å². The van der Waals surface area contributed by atoms with Crippen LogP contribution in [0, 0.1) is 12.8 Å². The van der Waals surface area contributed by atoms with Crippen LogP contribution in [0.25, 0.3) is 0 Å². The predicted molar refractivity (Wildman–Crippen MR) is 85.0 cm³/mol. The van der Waals surface area contributed by atoms with Crippen LogP contribution in [0.4, 0.5) is 0 Å². The minimum absolute atomic E-state index is 0.647. The monoisotopic (exact) mass is 280 g/mol. The minimum atomic E-state index is 0.647. The fraction of sp³-hybridized carbons (Fsp3) is 0.750. The number of nitrogens with one attached hydrogen (secondary N) is 1. The molecule has 1 aliphatic rings. The summed E-state index contributed by atoms with van der Waals surface area (Å²) >= 11 is 1.95. The van der Waals surface area contributed by atoms with Crippen molar-refractivity contribution in [2.75, 3.05) is 13.6 Å². The molecule has 0 aromatic carbocycles. The van der Waals surface area contributed by atoms with E-state index in [1.165, 1.54) is 29.1 Å². The van der Waals surface area contributed by atoms with Gasteiger partial charge in [-0.15, -0.1) is 11.3 Å². The highest BCUT2D eigenvalue weighted by Crippen LogP contribution is 2.27. The van der Waals surface area contributed by atoms with Crippen molar-refractivity contribution >= 4 is 11.3 Å². The Balaban J connectivity index is 1.97. The van der Waals surface area contributed by atoms with Crippen LogP contribution in [-0.4, -0.2) is 36.6 Å². The molecule has 0 spiro atoms. The van der Waals surface area contributed by atoms with Crippen LogP contribution in [0.3, 0.4) is 0 Å². The van der Waals surface area contributed by atoms with Gasteiger partial charge in [-0.3, -0.25) is 4.90 Å². The lowest BCUT2D eigenvalue weighted by atomic mass is 9.86. The van der Waals surface area contributed by atoms with Crippen LogP contribution >= 0.6 is 11.3 Å². The summed E-state index contributed by atoms with van der Waals surface area (Å²) in [6.45, 7) is 10.6. The van der Waals surface area contributed by atoms with E-state index in [1.54, 1.807) is 0 Å². The van der Waals surface area contributed by atoms with Crippen molar-refractivity contribution in [3.8, 4) is 0 Å². The number of piperidine rings is 1. The van der Waals surface area contributed by atoms with Gasteiger partial charge >= 0.3 is 0 Å². The zero-order valence-corrected chi connectivity index (χ0v) is 13.8. The van der Waals surface area contributed by atoms with E-state index in [0.29, 0.717) is 18.1 Å². The molecule has 1 fully saturated rings. The van der Waals surface area contributed by atoms with Crippen molar-refractivity contribution in [3.05, 3.63) is 21.9 Å². The summed E-state index contributed by atoms with van der Waals surface area (Å²) in [7, 11) is 2.10. The number of hydrogen-bond acceptors (Lipinski definition) is 3. The zero-order chi connectivity index (χ0) is 14.0. The fourth-order valence-electron chi connectivity index (χ4n) is 3.43. The summed E-state index contributed by atoms with van der Waals surface area (Å²) in [5.74, 6) is 0.728. The number of rotatable bonds is 4. The molecular weight excluding hydrogens is 252 g/mol. The molecule has 1 aliphatic heterocycles. The molecule has 19 heavy (non-hydrogen) atoms. The molecule has 3 heteroatoms. The summed E-state index contributed by atoms with van der Waals surface area (Å²) < 4.78 is 0. The third-order valence-corrected chi connectivity index (χ3v) is 5.87. The highest BCUT2D eigenvalue weighted by molar-refractivity contribution is 7.11. The molecule has 0 bridgehead atoms. The molecule has 1 aromatic rings. The van der Waals surface area contributed by atoms with E-state index < -0.39 is 0 Å². The van der Waals surface area contributed by atoms with Crippen molar-refractivity contribution in [2.24, 2.45) is 5.92 Å². The van der Waals surface area contributed by atoms with Gasteiger partial charge in [0.25, 0.3) is 0 Å². The quantitative estimate of drug-likeness (QED) is 0.910. The van der Waals surface area contributed by atoms with E-state index in [4.69, 9.17) is 0 Å². The molecule has 0 amide bonds. The molecule has 4 unspecified atom stereocenters. The first-order chi connectivity index (χ1) is 9.02. The average Bonchev–Trinajstić information content (AvgIpc) is 2.78. The Morgan fingerprint density at radius 2 is 2.16 bits per heavy atom. The van der Waals surface area contributed by atoms with Gasteiger partial charge in [0.05, 0.1) is 0 Å². The molecule has 1 aromatic heterocycles. The molecule has 4 atom stereocenters. The lowest BCUT2D eigenvalue weighted by Gasteiger charge is -2.45. The van der Waals surface area contributed by atoms with Crippen LogP contribution in [0.1, 0.15) is 36.9 Å². The van der Waals surface area contributed by atoms with Crippen LogP contribution < -0.4 is 5.32 Å². The number of aryl methyl sites for hydroxylation is 1. The smallest absolute Gasteiger partial charge is 0.0118 e. The van der Waals surface area contributed by atoms with Crippen molar-refractivity contribution in [1.29, 1.82) is 0 Å². The van der Waals surface area contributed by atoms with Gasteiger partial charge in [-0.2, -0.15) is 0 Å². The summed E-state index contributed by atoms with van der Waals surface area (Å²) in [5, 5.41) is 3.47. The summed E-state index contributed by atoms with van der Waals surface area (Å²) in [6.07, 6.45) is 2.47. The van der Waals surface area contributed by atoms with Gasteiger partial charge in [0.2, 0.25) is 0 Å². The Morgan fingerprint density at radius 3 is 2.74 bits per heavy atom. The molecule has 0 aliphatic carbocycles. The second-order valence-corrected chi connectivity index (χ2v) is 7.46. The molecule has 0 saturated carbocycles. The highest BCUT2D eigenvalue weighted by atomic mass is 32.1. The van der Waals surface area contributed by atoms with Crippen molar-refractivity contribution in [3.63, 3.8) is 0 Å². The SMILES string of the molecule is CNC1CCN(C(C)Cc2ccc(C)s2)C(C)C1C. The zero-order valence-electron chi connectivity index (χ0n) is 12.9. The van der Waals surface area contributed by atoms with E-state index in [1.807, 2.05) is 11.3 Å². The Bertz CT molecular complexity index is 401. The molecular formula is C16H28N2S. The average molecular weight is 280 g/mol. The number of nitrogens with zero attached hydrogens (tertiary/aromatic N) is 1. The maximum Gasteiger partial charge on any atom is 0.0118 e. The van der Waals surface area contributed by atoms with E-state index in [2.05, 4.69) is 57.1 Å². The molecule has 0 radical (unpaired) electrons. The first-order valence-electron chi connectivity index (χ1n) is 7.51. The topological polar surface area (TPSA) is 15.3 Å². The summed E-state index contributed by atoms with van der Waals surface area (Å²) in [5.41, 5.74) is 0. The third-order valence-electron chi connectivity index (χ3n) is 4.85. The van der Waals surface area contributed by atoms with Gasteiger partial charge in [0, 0.05) is 34.4 Å². The van der Waals surface area contributed by atoms with Gasteiger partial charge in [0.15, 0.2) is 0 Å².